The topological polar surface area (TPSA) is 88.8 Å². The zero-order valence-electron chi connectivity index (χ0n) is 21.0. The van der Waals surface area contributed by atoms with E-state index in [1.54, 1.807) is 33.4 Å². The molecule has 4 aromatic rings. The molecule has 5 rings (SSSR count). The molecule has 10 heteroatoms. The van der Waals surface area contributed by atoms with Gasteiger partial charge in [-0.2, -0.15) is 5.26 Å². The molecule has 3 heterocycles. The van der Waals surface area contributed by atoms with Gasteiger partial charge in [0.05, 0.1) is 11.1 Å². The van der Waals surface area contributed by atoms with Gasteiger partial charge in [0.15, 0.2) is 11.2 Å². The first-order valence-corrected chi connectivity index (χ1v) is 12.7. The maximum Gasteiger partial charge on any atom is 0.332 e. The molecule has 0 bridgehead atoms. The van der Waals surface area contributed by atoms with Crippen LogP contribution in [0.4, 0.5) is 0 Å². The van der Waals surface area contributed by atoms with Crippen LogP contribution < -0.4 is 11.2 Å². The second kappa shape index (κ2) is 11.3. The molecule has 0 saturated carbocycles. The molecular weight excluding hydrogens is 511 g/mol. The van der Waals surface area contributed by atoms with Crippen molar-refractivity contribution in [3.8, 4) is 23.1 Å². The number of benzene rings is 2. The smallest absolute Gasteiger partial charge is 0.306 e. The number of nitriles is 1. The van der Waals surface area contributed by atoms with Crippen molar-refractivity contribution in [1.82, 2.24) is 23.6 Å². The highest BCUT2D eigenvalue weighted by Crippen LogP contribution is 2.32. The van der Waals surface area contributed by atoms with Crippen LogP contribution in [0.5, 0.6) is 0 Å². The minimum Gasteiger partial charge on any atom is -0.306 e. The number of imidazole rings is 1. The van der Waals surface area contributed by atoms with Gasteiger partial charge in [0.2, 0.25) is 0 Å². The standard InChI is InChI=1S/C25H25Cl2N5O2.C2H3N/c1-29-13-11-16(12-14-29)15-31-23-21(24(33)30(2)25(31)34)32(18-9-7-17(26)8-10-18)22(28-23)19-5-3-4-6-20(19)27;1-2-3/h3-10,16H,11-15H2,1-2H3;1H3. The Bertz CT molecular complexity index is 1570. The molecule has 0 spiro atoms. The van der Waals surface area contributed by atoms with Crippen LogP contribution in [0.1, 0.15) is 19.8 Å². The second-order valence-electron chi connectivity index (χ2n) is 9.13. The number of aromatic nitrogens is 4. The number of fused-ring (bicyclic) bond motifs is 1. The predicted octanol–water partition coefficient (Wildman–Crippen LogP) is 4.73. The van der Waals surface area contributed by atoms with E-state index in [9.17, 15) is 9.59 Å². The number of hydrogen-bond donors (Lipinski definition) is 0. The first-order chi connectivity index (χ1) is 17.8. The summed E-state index contributed by atoms with van der Waals surface area (Å²) in [5.41, 5.74) is 1.34. The fraction of sp³-hybridized carbons (Fsp3) is 0.333. The van der Waals surface area contributed by atoms with Gasteiger partial charge in [0, 0.05) is 36.8 Å². The molecule has 1 aliphatic heterocycles. The van der Waals surface area contributed by atoms with Crippen molar-refractivity contribution in [2.75, 3.05) is 20.1 Å². The van der Waals surface area contributed by atoms with Gasteiger partial charge in [0.1, 0.15) is 5.82 Å². The van der Waals surface area contributed by atoms with Gasteiger partial charge in [0.25, 0.3) is 5.56 Å². The summed E-state index contributed by atoms with van der Waals surface area (Å²) in [5, 5.41) is 8.41. The Morgan fingerprint density at radius 1 is 1.03 bits per heavy atom. The maximum atomic E-state index is 13.5. The Balaban J connectivity index is 0.00000102. The number of hydrogen-bond acceptors (Lipinski definition) is 5. The van der Waals surface area contributed by atoms with Crippen LogP contribution in [0.2, 0.25) is 10.0 Å². The average Bonchev–Trinajstić information content (AvgIpc) is 3.28. The lowest BCUT2D eigenvalue weighted by molar-refractivity contribution is 0.204. The van der Waals surface area contributed by atoms with E-state index in [2.05, 4.69) is 11.9 Å². The van der Waals surface area contributed by atoms with Gasteiger partial charge in [-0.3, -0.25) is 18.5 Å². The molecule has 0 N–H and O–H groups in total. The molecule has 0 aliphatic carbocycles. The molecule has 0 unspecified atom stereocenters. The summed E-state index contributed by atoms with van der Waals surface area (Å²) in [6, 6.07) is 16.3. The zero-order valence-corrected chi connectivity index (χ0v) is 22.5. The average molecular weight is 539 g/mol. The summed E-state index contributed by atoms with van der Waals surface area (Å²) in [6.07, 6.45) is 1.98. The van der Waals surface area contributed by atoms with Crippen LogP contribution in [-0.2, 0) is 13.6 Å². The number of piperidine rings is 1. The van der Waals surface area contributed by atoms with E-state index in [1.807, 2.05) is 30.3 Å². The van der Waals surface area contributed by atoms with E-state index < -0.39 is 5.56 Å². The minimum atomic E-state index is -0.402. The van der Waals surface area contributed by atoms with Crippen molar-refractivity contribution >= 4 is 34.4 Å². The third kappa shape index (κ3) is 5.35. The van der Waals surface area contributed by atoms with Crippen LogP contribution >= 0.6 is 23.2 Å². The monoisotopic (exact) mass is 538 g/mol. The zero-order chi connectivity index (χ0) is 26.7. The van der Waals surface area contributed by atoms with Crippen molar-refractivity contribution in [1.29, 1.82) is 5.26 Å². The number of nitrogens with zero attached hydrogens (tertiary/aromatic N) is 6. The van der Waals surface area contributed by atoms with Crippen molar-refractivity contribution in [2.45, 2.75) is 26.3 Å². The van der Waals surface area contributed by atoms with Crippen molar-refractivity contribution in [3.05, 3.63) is 79.4 Å². The summed E-state index contributed by atoms with van der Waals surface area (Å²) >= 11 is 12.7. The van der Waals surface area contributed by atoms with Crippen LogP contribution in [0.3, 0.4) is 0 Å². The van der Waals surface area contributed by atoms with E-state index in [4.69, 9.17) is 33.4 Å². The van der Waals surface area contributed by atoms with Gasteiger partial charge < -0.3 is 4.90 Å². The molecular formula is C27H28Cl2N6O2. The molecule has 37 heavy (non-hydrogen) atoms. The van der Waals surface area contributed by atoms with Gasteiger partial charge >= 0.3 is 5.69 Å². The Hall–Kier alpha value is -3.38. The van der Waals surface area contributed by atoms with Gasteiger partial charge in [-0.05, 0) is 75.3 Å². The summed E-state index contributed by atoms with van der Waals surface area (Å²) < 4.78 is 4.60. The van der Waals surface area contributed by atoms with E-state index in [0.717, 1.165) is 25.9 Å². The largest absolute Gasteiger partial charge is 0.332 e. The molecule has 8 nitrogen and oxygen atoms in total. The highest BCUT2D eigenvalue weighted by Gasteiger charge is 2.25. The second-order valence-corrected chi connectivity index (χ2v) is 9.97. The van der Waals surface area contributed by atoms with Crippen LogP contribution in [-0.4, -0.2) is 43.7 Å². The molecule has 0 amide bonds. The molecule has 1 saturated heterocycles. The number of halogens is 2. The van der Waals surface area contributed by atoms with Gasteiger partial charge in [-0.15, -0.1) is 0 Å². The lowest BCUT2D eigenvalue weighted by Gasteiger charge is -2.29. The fourth-order valence-electron chi connectivity index (χ4n) is 4.64. The maximum absolute atomic E-state index is 13.5. The molecule has 0 atom stereocenters. The van der Waals surface area contributed by atoms with E-state index in [0.29, 0.717) is 50.7 Å². The molecule has 1 fully saturated rings. The van der Waals surface area contributed by atoms with E-state index in [-0.39, 0.29) is 5.69 Å². The summed E-state index contributed by atoms with van der Waals surface area (Å²) in [4.78, 5) is 33.9. The lowest BCUT2D eigenvalue weighted by atomic mass is 9.97. The Kier molecular flexibility index (Phi) is 8.18. The molecule has 0 radical (unpaired) electrons. The third-order valence-corrected chi connectivity index (χ3v) is 7.20. The molecule has 2 aromatic heterocycles. The number of rotatable bonds is 4. The Morgan fingerprint density at radius 3 is 2.27 bits per heavy atom. The molecule has 2 aromatic carbocycles. The van der Waals surface area contributed by atoms with Crippen LogP contribution in [0.15, 0.2) is 58.1 Å². The van der Waals surface area contributed by atoms with Crippen LogP contribution in [0, 0.1) is 17.2 Å². The van der Waals surface area contributed by atoms with Crippen LogP contribution in [0.25, 0.3) is 28.2 Å². The first-order valence-electron chi connectivity index (χ1n) is 12.0. The van der Waals surface area contributed by atoms with Crippen molar-refractivity contribution in [2.24, 2.45) is 13.0 Å². The quantitative estimate of drug-likeness (QED) is 0.374. The highest BCUT2D eigenvalue weighted by atomic mass is 35.5. The van der Waals surface area contributed by atoms with E-state index in [1.165, 1.54) is 18.5 Å². The van der Waals surface area contributed by atoms with Crippen molar-refractivity contribution in [3.63, 3.8) is 0 Å². The third-order valence-electron chi connectivity index (χ3n) is 6.62. The fourth-order valence-corrected chi connectivity index (χ4v) is 4.98. The normalized spacial score (nSPS) is 14.3. The molecule has 1 aliphatic rings. The summed E-state index contributed by atoms with van der Waals surface area (Å²) in [5.74, 6) is 0.835. The molecule has 192 valence electrons. The Morgan fingerprint density at radius 2 is 1.65 bits per heavy atom. The number of likely N-dealkylation sites (tertiary alicyclic amines) is 1. The predicted molar refractivity (Wildman–Crippen MR) is 148 cm³/mol. The van der Waals surface area contributed by atoms with Gasteiger partial charge in [-0.25, -0.2) is 9.78 Å². The first kappa shape index (κ1) is 26.7. The minimum absolute atomic E-state index is 0.332. The lowest BCUT2D eigenvalue weighted by Crippen LogP contribution is -2.41. The SMILES string of the molecule is CC#N.CN1CCC(Cn2c(=O)n(C)c(=O)c3c2nc(-c2ccccc2Cl)n3-c2ccc(Cl)cc2)CC1. The van der Waals surface area contributed by atoms with Crippen molar-refractivity contribution < 1.29 is 0 Å². The van der Waals surface area contributed by atoms with E-state index >= 15 is 0 Å². The Labute approximate surface area is 224 Å². The summed E-state index contributed by atoms with van der Waals surface area (Å²) in [7, 11) is 3.63. The summed E-state index contributed by atoms with van der Waals surface area (Å²) in [6.45, 7) is 3.91. The van der Waals surface area contributed by atoms with Gasteiger partial charge in [-0.1, -0.05) is 35.3 Å². The highest BCUT2D eigenvalue weighted by molar-refractivity contribution is 6.33.